The molecule has 2 aliphatic heterocycles. The van der Waals surface area contributed by atoms with Crippen LogP contribution >= 0.6 is 24.0 Å². The van der Waals surface area contributed by atoms with E-state index in [-0.39, 0.29) is 24.0 Å². The van der Waals surface area contributed by atoms with Gasteiger partial charge in [-0.2, -0.15) is 0 Å². The van der Waals surface area contributed by atoms with Gasteiger partial charge in [0.2, 0.25) is 0 Å². The van der Waals surface area contributed by atoms with E-state index in [1.165, 1.54) is 24.0 Å². The molecule has 3 heterocycles. The zero-order chi connectivity index (χ0) is 21.3. The molecule has 0 radical (unpaired) electrons. The van der Waals surface area contributed by atoms with E-state index in [1.807, 2.05) is 12.3 Å². The van der Waals surface area contributed by atoms with Crippen molar-refractivity contribution in [2.45, 2.75) is 39.3 Å². The van der Waals surface area contributed by atoms with Crippen molar-refractivity contribution < 1.29 is 4.74 Å². The summed E-state index contributed by atoms with van der Waals surface area (Å²) >= 11 is 0. The summed E-state index contributed by atoms with van der Waals surface area (Å²) in [5.41, 5.74) is 2.45. The number of pyridine rings is 1. The van der Waals surface area contributed by atoms with E-state index in [0.717, 1.165) is 57.5 Å². The number of hydrogen-bond acceptors (Lipinski definition) is 4. The van der Waals surface area contributed by atoms with Gasteiger partial charge in [-0.1, -0.05) is 30.3 Å². The zero-order valence-electron chi connectivity index (χ0n) is 19.1. The second kappa shape index (κ2) is 13.0. The Morgan fingerprint density at radius 1 is 1.12 bits per heavy atom. The quantitative estimate of drug-likeness (QED) is 0.302. The fourth-order valence-corrected chi connectivity index (χ4v) is 4.35. The maximum atomic E-state index is 5.98. The largest absolute Gasteiger partial charge is 0.376 e. The van der Waals surface area contributed by atoms with Crippen molar-refractivity contribution in [3.63, 3.8) is 0 Å². The number of halogens is 1. The Bertz CT molecular complexity index is 841. The van der Waals surface area contributed by atoms with Gasteiger partial charge < -0.3 is 19.9 Å². The van der Waals surface area contributed by atoms with E-state index in [9.17, 15) is 0 Å². The molecule has 2 aliphatic rings. The molecular weight excluding hydrogens is 513 g/mol. The van der Waals surface area contributed by atoms with E-state index >= 15 is 0 Å². The van der Waals surface area contributed by atoms with Crippen LogP contribution in [0.4, 0.5) is 5.82 Å². The molecule has 1 unspecified atom stereocenters. The number of hydrogen-bond donors (Lipinski definition) is 1. The lowest BCUT2D eigenvalue weighted by atomic mass is 10.1. The molecular formula is C25H36IN5O. The third-order valence-electron chi connectivity index (χ3n) is 6.04. The van der Waals surface area contributed by atoms with E-state index in [4.69, 9.17) is 9.73 Å². The van der Waals surface area contributed by atoms with Gasteiger partial charge in [0.15, 0.2) is 5.96 Å². The zero-order valence-corrected chi connectivity index (χ0v) is 21.4. The molecule has 4 rings (SSSR count). The number of likely N-dealkylation sites (tertiary alicyclic amines) is 1. The van der Waals surface area contributed by atoms with Crippen LogP contribution in [0, 0.1) is 5.92 Å². The van der Waals surface area contributed by atoms with Gasteiger partial charge in [-0.3, -0.25) is 0 Å². The smallest absolute Gasteiger partial charge is 0.194 e. The lowest BCUT2D eigenvalue weighted by Gasteiger charge is -2.22. The Hall–Kier alpha value is -1.87. The number of benzene rings is 1. The first-order valence-corrected chi connectivity index (χ1v) is 11.7. The number of anilines is 1. The molecule has 1 atom stereocenters. The van der Waals surface area contributed by atoms with Gasteiger partial charge >= 0.3 is 0 Å². The van der Waals surface area contributed by atoms with Crippen molar-refractivity contribution in [2.24, 2.45) is 10.9 Å². The molecule has 0 spiro atoms. The van der Waals surface area contributed by atoms with Crippen molar-refractivity contribution >= 4 is 35.8 Å². The molecule has 32 heavy (non-hydrogen) atoms. The summed E-state index contributed by atoms with van der Waals surface area (Å²) in [6.07, 6.45) is 5.59. The normalized spacial score (nSPS) is 18.7. The summed E-state index contributed by atoms with van der Waals surface area (Å²) in [5, 5.41) is 3.48. The summed E-state index contributed by atoms with van der Waals surface area (Å²) < 4.78 is 5.98. The van der Waals surface area contributed by atoms with E-state index < -0.39 is 0 Å². The third-order valence-corrected chi connectivity index (χ3v) is 6.04. The van der Waals surface area contributed by atoms with E-state index in [1.54, 1.807) is 0 Å². The summed E-state index contributed by atoms with van der Waals surface area (Å²) in [4.78, 5) is 14.3. The van der Waals surface area contributed by atoms with Crippen LogP contribution in [0.3, 0.4) is 0 Å². The number of nitrogens with zero attached hydrogens (tertiary/aromatic N) is 4. The first-order chi connectivity index (χ1) is 15.3. The minimum Gasteiger partial charge on any atom is -0.376 e. The summed E-state index contributed by atoms with van der Waals surface area (Å²) in [7, 11) is 0. The highest BCUT2D eigenvalue weighted by molar-refractivity contribution is 14.0. The van der Waals surface area contributed by atoms with E-state index in [0.29, 0.717) is 19.1 Å². The number of nitrogens with one attached hydrogen (secondary N) is 1. The number of aromatic nitrogens is 1. The Kier molecular flexibility index (Phi) is 10.1. The molecule has 2 saturated heterocycles. The second-order valence-corrected chi connectivity index (χ2v) is 8.49. The highest BCUT2D eigenvalue weighted by Gasteiger charge is 2.25. The van der Waals surface area contributed by atoms with Crippen LogP contribution in [-0.4, -0.2) is 55.2 Å². The summed E-state index contributed by atoms with van der Waals surface area (Å²) in [6, 6.07) is 14.7. The molecule has 1 aromatic heterocycles. The van der Waals surface area contributed by atoms with Crippen molar-refractivity contribution in [1.82, 2.24) is 15.2 Å². The van der Waals surface area contributed by atoms with Gasteiger partial charge in [-0.15, -0.1) is 24.0 Å². The first-order valence-electron chi connectivity index (χ1n) is 11.7. The van der Waals surface area contributed by atoms with Gasteiger partial charge in [0, 0.05) is 44.8 Å². The SMILES string of the molecule is CCNC(=NCc1ccnc(N2CCCC2)c1)N1CCC(COCc2ccccc2)C1.I. The van der Waals surface area contributed by atoms with Crippen LogP contribution in [0.2, 0.25) is 0 Å². The number of aliphatic imine (C=N–C) groups is 1. The molecule has 0 bridgehead atoms. The average Bonchev–Trinajstić information content (AvgIpc) is 3.50. The number of guanidine groups is 1. The van der Waals surface area contributed by atoms with Crippen LogP contribution in [0.1, 0.15) is 37.3 Å². The Morgan fingerprint density at radius 2 is 1.94 bits per heavy atom. The highest BCUT2D eigenvalue weighted by atomic mass is 127. The van der Waals surface area contributed by atoms with Crippen LogP contribution in [0.5, 0.6) is 0 Å². The maximum Gasteiger partial charge on any atom is 0.194 e. The monoisotopic (exact) mass is 549 g/mol. The summed E-state index contributed by atoms with van der Waals surface area (Å²) in [5.74, 6) is 2.65. The van der Waals surface area contributed by atoms with Crippen LogP contribution in [0.25, 0.3) is 0 Å². The first kappa shape index (κ1) is 24.8. The van der Waals surface area contributed by atoms with Crippen molar-refractivity contribution in [1.29, 1.82) is 0 Å². The van der Waals surface area contributed by atoms with Crippen molar-refractivity contribution in [2.75, 3.05) is 44.2 Å². The predicted octanol–water partition coefficient (Wildman–Crippen LogP) is 4.30. The van der Waals surface area contributed by atoms with Crippen molar-refractivity contribution in [3.8, 4) is 0 Å². The lowest BCUT2D eigenvalue weighted by molar-refractivity contribution is 0.0906. The molecule has 174 valence electrons. The maximum absolute atomic E-state index is 5.98. The molecule has 0 amide bonds. The van der Waals surface area contributed by atoms with Gasteiger partial charge in [-0.25, -0.2) is 9.98 Å². The van der Waals surface area contributed by atoms with Crippen molar-refractivity contribution in [3.05, 3.63) is 59.8 Å². The van der Waals surface area contributed by atoms with Gasteiger partial charge in [-0.05, 0) is 49.4 Å². The molecule has 1 aromatic carbocycles. The highest BCUT2D eigenvalue weighted by Crippen LogP contribution is 2.20. The minimum atomic E-state index is 0. The van der Waals surface area contributed by atoms with Crippen LogP contribution in [-0.2, 0) is 17.9 Å². The summed E-state index contributed by atoms with van der Waals surface area (Å²) in [6.45, 7) is 9.42. The number of rotatable bonds is 8. The Labute approximate surface area is 209 Å². The third kappa shape index (κ3) is 7.07. The average molecular weight is 550 g/mol. The lowest BCUT2D eigenvalue weighted by Crippen LogP contribution is -2.40. The minimum absolute atomic E-state index is 0. The van der Waals surface area contributed by atoms with Gasteiger partial charge in [0.05, 0.1) is 19.8 Å². The fraction of sp³-hybridized carbons (Fsp3) is 0.520. The van der Waals surface area contributed by atoms with Crippen LogP contribution in [0.15, 0.2) is 53.7 Å². The molecule has 2 aromatic rings. The fourth-order valence-electron chi connectivity index (χ4n) is 4.35. The second-order valence-electron chi connectivity index (χ2n) is 8.49. The molecule has 1 N–H and O–H groups in total. The van der Waals surface area contributed by atoms with Crippen LogP contribution < -0.4 is 10.2 Å². The van der Waals surface area contributed by atoms with E-state index in [2.05, 4.69) is 63.4 Å². The molecule has 0 saturated carbocycles. The van der Waals surface area contributed by atoms with Gasteiger partial charge in [0.25, 0.3) is 0 Å². The topological polar surface area (TPSA) is 53.0 Å². The Morgan fingerprint density at radius 3 is 2.72 bits per heavy atom. The molecule has 0 aliphatic carbocycles. The predicted molar refractivity (Wildman–Crippen MR) is 142 cm³/mol. The Balaban J connectivity index is 0.00000289. The molecule has 6 nitrogen and oxygen atoms in total. The molecule has 2 fully saturated rings. The van der Waals surface area contributed by atoms with Gasteiger partial charge in [0.1, 0.15) is 5.82 Å². The molecule has 7 heteroatoms. The standard InChI is InChI=1S/C25H35N5O.HI/c1-2-26-25(28-17-22-10-12-27-24(16-22)29-13-6-7-14-29)30-15-11-23(18-30)20-31-19-21-8-4-3-5-9-21;/h3-5,8-10,12,16,23H,2,6-7,11,13-15,17-20H2,1H3,(H,26,28);1H. The number of ether oxygens (including phenoxy) is 1.